The molecule has 0 heterocycles. The highest BCUT2D eigenvalue weighted by Gasteiger charge is 2.28. The number of hydrogen-bond acceptors (Lipinski definition) is 8. The van der Waals surface area contributed by atoms with E-state index >= 15 is 0 Å². The highest BCUT2D eigenvalue weighted by molar-refractivity contribution is 7.46. The first-order chi connectivity index (χ1) is 14.9. The lowest BCUT2D eigenvalue weighted by Gasteiger charge is -2.22. The lowest BCUT2D eigenvalue weighted by Crippen LogP contribution is -2.08. The van der Waals surface area contributed by atoms with Gasteiger partial charge in [-0.25, -0.2) is 9.13 Å². The fraction of sp³-hybridized carbons (Fsp3) is 0.333. The summed E-state index contributed by atoms with van der Waals surface area (Å²) < 4.78 is 53.4. The van der Waals surface area contributed by atoms with Crippen molar-refractivity contribution in [1.82, 2.24) is 0 Å². The van der Waals surface area contributed by atoms with Crippen LogP contribution in [0.4, 0.5) is 0 Å². The smallest absolute Gasteiger partial charge is 0.493 e. The summed E-state index contributed by atoms with van der Waals surface area (Å²) in [6.45, 7) is 0. The van der Waals surface area contributed by atoms with Crippen molar-refractivity contribution in [3.05, 3.63) is 41.5 Å². The molecule has 0 spiro atoms. The van der Waals surface area contributed by atoms with Crippen LogP contribution in [-0.2, 0) is 20.1 Å². The van der Waals surface area contributed by atoms with Gasteiger partial charge in [0.05, 0.1) is 34.5 Å². The molecule has 0 amide bonds. The molecule has 0 unspecified atom stereocenters. The van der Waals surface area contributed by atoms with Gasteiger partial charge in [0.25, 0.3) is 0 Å². The van der Waals surface area contributed by atoms with Crippen molar-refractivity contribution < 1.29 is 56.7 Å². The molecule has 0 aliphatic heterocycles. The van der Waals surface area contributed by atoms with E-state index in [0.717, 1.165) is 0 Å². The summed E-state index contributed by atoms with van der Waals surface area (Å²) >= 11 is 0. The summed E-state index contributed by atoms with van der Waals surface area (Å²) in [6, 6.07) is 7.13. The van der Waals surface area contributed by atoms with Crippen molar-refractivity contribution in [3.8, 4) is 28.7 Å². The summed E-state index contributed by atoms with van der Waals surface area (Å²) in [5.74, 6) is 0.550. The van der Waals surface area contributed by atoms with E-state index in [1.54, 1.807) is 0 Å². The van der Waals surface area contributed by atoms with Gasteiger partial charge in [0.2, 0.25) is 5.75 Å². The molecule has 178 valence electrons. The van der Waals surface area contributed by atoms with Gasteiger partial charge in [-0.15, -0.1) is 0 Å². The molecule has 2 aromatic carbocycles. The van der Waals surface area contributed by atoms with Gasteiger partial charge < -0.3 is 33.3 Å². The Morgan fingerprint density at radius 1 is 0.750 bits per heavy atom. The fourth-order valence-electron chi connectivity index (χ4n) is 2.93. The molecule has 32 heavy (non-hydrogen) atoms. The van der Waals surface area contributed by atoms with Crippen LogP contribution >= 0.6 is 15.6 Å². The Kier molecular flexibility index (Phi) is 8.55. The lowest BCUT2D eigenvalue weighted by atomic mass is 10.00. The molecule has 12 nitrogen and oxygen atoms in total. The molecule has 2 rings (SSSR count). The second-order valence-electron chi connectivity index (χ2n) is 6.31. The molecule has 0 aliphatic rings. The standard InChI is InChI=1S/C18H24O12P2/c1-25-13-6-5-11(8-15(13)30-32(22,23)24)7-14(29-31(19,20)21)12-9-16(26-2)18(28-4)17(10-12)27-3/h5-6,8-10,14H,7H2,1-4H3,(H2,19,20,21)(H2,22,23,24)/t14-/m1/s1. The van der Waals surface area contributed by atoms with E-state index in [-0.39, 0.29) is 40.7 Å². The summed E-state index contributed by atoms with van der Waals surface area (Å²) in [7, 11) is -4.37. The molecule has 0 radical (unpaired) electrons. The van der Waals surface area contributed by atoms with Gasteiger partial charge in [0.1, 0.15) is 0 Å². The van der Waals surface area contributed by atoms with Gasteiger partial charge in [-0.1, -0.05) is 6.07 Å². The molecule has 0 saturated heterocycles. The van der Waals surface area contributed by atoms with Crippen LogP contribution in [0.15, 0.2) is 30.3 Å². The molecule has 0 bridgehead atoms. The summed E-state index contributed by atoms with van der Waals surface area (Å²) in [6.07, 6.45) is -1.33. The second kappa shape index (κ2) is 10.5. The third kappa shape index (κ3) is 7.11. The maximum Gasteiger partial charge on any atom is 0.524 e. The Labute approximate surface area is 184 Å². The minimum atomic E-state index is -4.94. The van der Waals surface area contributed by atoms with E-state index < -0.39 is 21.7 Å². The number of hydrogen-bond donors (Lipinski definition) is 4. The van der Waals surface area contributed by atoms with Crippen molar-refractivity contribution in [2.45, 2.75) is 12.5 Å². The maximum absolute atomic E-state index is 11.6. The first-order valence-corrected chi connectivity index (χ1v) is 11.9. The molecule has 2 aromatic rings. The molecule has 1 atom stereocenters. The molecule has 0 fully saturated rings. The second-order valence-corrected chi connectivity index (χ2v) is 8.67. The highest BCUT2D eigenvalue weighted by atomic mass is 31.2. The van der Waals surface area contributed by atoms with E-state index in [1.807, 2.05) is 0 Å². The molecule has 14 heteroatoms. The number of phosphoric acid groups is 2. The van der Waals surface area contributed by atoms with Crippen LogP contribution in [0.25, 0.3) is 0 Å². The SMILES string of the molecule is COc1ccc(C[C@@H](OP(=O)(O)O)c2cc(OC)c(OC)c(OC)c2)cc1OP(=O)(O)O. The van der Waals surface area contributed by atoms with Gasteiger partial charge in [-0.3, -0.25) is 14.3 Å². The topological polar surface area (TPSA) is 170 Å². The van der Waals surface area contributed by atoms with Crippen LogP contribution in [-0.4, -0.2) is 48.0 Å². The van der Waals surface area contributed by atoms with E-state index in [2.05, 4.69) is 4.52 Å². The van der Waals surface area contributed by atoms with E-state index in [0.29, 0.717) is 5.56 Å². The number of phosphoric ester groups is 2. The average molecular weight is 494 g/mol. The Morgan fingerprint density at radius 2 is 1.31 bits per heavy atom. The number of methoxy groups -OCH3 is 4. The van der Waals surface area contributed by atoms with Gasteiger partial charge in [-0.05, 0) is 35.4 Å². The predicted molar refractivity (Wildman–Crippen MR) is 111 cm³/mol. The monoisotopic (exact) mass is 494 g/mol. The van der Waals surface area contributed by atoms with E-state index in [4.69, 9.17) is 33.3 Å². The first kappa shape index (κ1) is 26.0. The number of benzene rings is 2. The minimum absolute atomic E-state index is 0.0531. The minimum Gasteiger partial charge on any atom is -0.493 e. The van der Waals surface area contributed by atoms with Crippen LogP contribution < -0.4 is 23.5 Å². The fourth-order valence-corrected chi connectivity index (χ4v) is 3.86. The number of ether oxygens (including phenoxy) is 4. The van der Waals surface area contributed by atoms with Crippen molar-refractivity contribution in [1.29, 1.82) is 0 Å². The van der Waals surface area contributed by atoms with Gasteiger partial charge >= 0.3 is 15.6 Å². The van der Waals surface area contributed by atoms with Crippen molar-refractivity contribution in [3.63, 3.8) is 0 Å². The van der Waals surface area contributed by atoms with Crippen molar-refractivity contribution in [2.24, 2.45) is 0 Å². The Balaban J connectivity index is 2.53. The summed E-state index contributed by atoms with van der Waals surface area (Å²) in [4.78, 5) is 37.1. The average Bonchev–Trinajstić information content (AvgIpc) is 2.70. The van der Waals surface area contributed by atoms with Crippen LogP contribution in [0.3, 0.4) is 0 Å². The lowest BCUT2D eigenvalue weighted by molar-refractivity contribution is 0.133. The summed E-state index contributed by atoms with van der Waals surface area (Å²) in [5, 5.41) is 0. The quantitative estimate of drug-likeness (QED) is 0.337. The van der Waals surface area contributed by atoms with Crippen molar-refractivity contribution >= 4 is 15.6 Å². The van der Waals surface area contributed by atoms with Crippen LogP contribution in [0.1, 0.15) is 17.2 Å². The third-order valence-electron chi connectivity index (χ3n) is 4.19. The molecule has 4 N–H and O–H groups in total. The van der Waals surface area contributed by atoms with Gasteiger partial charge in [-0.2, -0.15) is 0 Å². The number of rotatable bonds is 11. The molecule has 0 aromatic heterocycles. The van der Waals surface area contributed by atoms with Crippen LogP contribution in [0, 0.1) is 0 Å². The molecule has 0 saturated carbocycles. The Bertz CT molecular complexity index is 1000. The molecular formula is C18H24O12P2. The van der Waals surface area contributed by atoms with Crippen LogP contribution in [0.5, 0.6) is 28.7 Å². The van der Waals surface area contributed by atoms with E-state index in [1.165, 1.54) is 58.8 Å². The summed E-state index contributed by atoms with van der Waals surface area (Å²) in [5.41, 5.74) is 0.664. The van der Waals surface area contributed by atoms with Gasteiger partial charge in [0, 0.05) is 6.42 Å². The zero-order valence-electron chi connectivity index (χ0n) is 17.6. The van der Waals surface area contributed by atoms with Crippen molar-refractivity contribution in [2.75, 3.05) is 28.4 Å². The van der Waals surface area contributed by atoms with E-state index in [9.17, 15) is 18.9 Å². The molecule has 0 aliphatic carbocycles. The van der Waals surface area contributed by atoms with Crippen LogP contribution in [0.2, 0.25) is 0 Å². The highest BCUT2D eigenvalue weighted by Crippen LogP contribution is 2.48. The zero-order chi connectivity index (χ0) is 24.1. The zero-order valence-corrected chi connectivity index (χ0v) is 19.4. The maximum atomic E-state index is 11.6. The largest absolute Gasteiger partial charge is 0.524 e. The van der Waals surface area contributed by atoms with Gasteiger partial charge in [0.15, 0.2) is 23.0 Å². The Morgan fingerprint density at radius 3 is 1.75 bits per heavy atom. The normalized spacial score (nSPS) is 12.8. The predicted octanol–water partition coefficient (Wildman–Crippen LogP) is 2.59. The third-order valence-corrected chi connectivity index (χ3v) is 5.15. The molecular weight excluding hydrogens is 470 g/mol. The Hall–Kier alpha value is -2.30. The first-order valence-electron chi connectivity index (χ1n) is 8.86.